The third-order valence-corrected chi connectivity index (χ3v) is 2.88. The van der Waals surface area contributed by atoms with Gasteiger partial charge in [-0.25, -0.2) is 9.71 Å². The SMILES string of the molecule is OO.[O-][n+]1cn[n+]([O-])c2ccccc21.c1ccc2nncnc2c1. The first-order valence-corrected chi connectivity index (χ1v) is 6.55. The first-order chi connectivity index (χ1) is 11.8. The van der Waals surface area contributed by atoms with Gasteiger partial charge in [-0.3, -0.25) is 10.5 Å². The van der Waals surface area contributed by atoms with Crippen LogP contribution < -0.4 is 9.58 Å². The van der Waals surface area contributed by atoms with Crippen LogP contribution in [0.4, 0.5) is 0 Å². The minimum Gasteiger partial charge on any atom is -0.710 e. The smallest absolute Gasteiger partial charge is 0.365 e. The molecule has 0 saturated carbocycles. The van der Waals surface area contributed by atoms with Crippen LogP contribution in [0.5, 0.6) is 0 Å². The molecule has 2 aromatic carbocycles. The molecule has 0 radical (unpaired) electrons. The Morgan fingerprint density at radius 1 is 0.833 bits per heavy atom. The van der Waals surface area contributed by atoms with Gasteiger partial charge in [0.1, 0.15) is 11.8 Å². The van der Waals surface area contributed by atoms with E-state index in [1.807, 2.05) is 24.3 Å². The third kappa shape index (κ3) is 3.82. The Kier molecular flexibility index (Phi) is 5.77. The summed E-state index contributed by atoms with van der Waals surface area (Å²) >= 11 is 0. The maximum atomic E-state index is 11.0. The average Bonchev–Trinajstić information content (AvgIpc) is 2.67. The molecule has 4 rings (SSSR count). The van der Waals surface area contributed by atoms with Crippen molar-refractivity contribution in [1.82, 2.24) is 20.3 Å². The van der Waals surface area contributed by atoms with Gasteiger partial charge in [-0.05, 0) is 18.2 Å². The number of hydrogen-bond donors (Lipinski definition) is 2. The third-order valence-electron chi connectivity index (χ3n) is 2.88. The number of benzene rings is 2. The topological polar surface area (TPSA) is 146 Å². The van der Waals surface area contributed by atoms with Crippen molar-refractivity contribution in [3.05, 3.63) is 71.6 Å². The molecule has 2 heterocycles. The fraction of sp³-hybridized carbons (Fsp3) is 0. The number of aromatic nitrogens is 6. The van der Waals surface area contributed by atoms with E-state index in [-0.39, 0.29) is 5.52 Å². The summed E-state index contributed by atoms with van der Waals surface area (Å²) in [5.41, 5.74) is 2.32. The molecule has 0 atom stereocenters. The maximum Gasteiger partial charge on any atom is 0.365 e. The van der Waals surface area contributed by atoms with E-state index < -0.39 is 0 Å². The van der Waals surface area contributed by atoms with Gasteiger partial charge in [-0.1, -0.05) is 24.3 Å². The molecule has 122 valence electrons. The van der Waals surface area contributed by atoms with E-state index in [0.717, 1.165) is 17.4 Å². The summed E-state index contributed by atoms with van der Waals surface area (Å²) in [6.45, 7) is 0. The lowest BCUT2D eigenvalue weighted by Crippen LogP contribution is -2.40. The summed E-state index contributed by atoms with van der Waals surface area (Å²) in [6, 6.07) is 14.1. The van der Waals surface area contributed by atoms with E-state index in [4.69, 9.17) is 10.5 Å². The molecule has 0 amide bonds. The second kappa shape index (κ2) is 8.22. The number of rotatable bonds is 0. The Morgan fingerprint density at radius 3 is 2.12 bits per heavy atom. The largest absolute Gasteiger partial charge is 0.710 e. The molecule has 2 N–H and O–H groups in total. The summed E-state index contributed by atoms with van der Waals surface area (Å²) in [6.07, 6.45) is 2.39. The first kappa shape index (κ1) is 16.9. The van der Waals surface area contributed by atoms with Crippen LogP contribution in [0.2, 0.25) is 0 Å². The molecule has 0 unspecified atom stereocenters. The lowest BCUT2D eigenvalue weighted by molar-refractivity contribution is -0.680. The zero-order valence-corrected chi connectivity index (χ0v) is 12.2. The van der Waals surface area contributed by atoms with Crippen LogP contribution in [0.3, 0.4) is 0 Å². The number of para-hydroxylation sites is 3. The molecule has 0 fully saturated rings. The van der Waals surface area contributed by atoms with Crippen molar-refractivity contribution in [2.24, 2.45) is 0 Å². The Balaban J connectivity index is 0.000000160. The fourth-order valence-electron chi connectivity index (χ4n) is 1.86. The van der Waals surface area contributed by atoms with Gasteiger partial charge in [-0.2, -0.15) is 0 Å². The molecule has 0 saturated heterocycles. The molecule has 2 aromatic heterocycles. The predicted octanol–water partition coefficient (Wildman–Crippen LogP) is 0.544. The van der Waals surface area contributed by atoms with Crippen LogP contribution in [0.15, 0.2) is 61.2 Å². The summed E-state index contributed by atoms with van der Waals surface area (Å²) in [7, 11) is 0. The van der Waals surface area contributed by atoms with Gasteiger partial charge in [0.15, 0.2) is 0 Å². The number of hydrogen-bond acceptors (Lipinski definition) is 8. The molecule has 10 nitrogen and oxygen atoms in total. The normalized spacial score (nSPS) is 9.58. The molecule has 0 aliphatic rings. The molecule has 0 spiro atoms. The zero-order valence-electron chi connectivity index (χ0n) is 12.2. The standard InChI is InChI=1S/C7H5N3O2.C7H5N3.H2O2/c11-9-5-8-10(12)7-4-2-1-3-6(7)9;1-2-4-7-6(3-1)8-5-9-10-7;1-2/h1-5H;1-5H;1-2H. The lowest BCUT2D eigenvalue weighted by atomic mass is 10.3. The average molecular weight is 328 g/mol. The zero-order chi connectivity index (χ0) is 17.4. The quantitative estimate of drug-likeness (QED) is 0.206. The highest BCUT2D eigenvalue weighted by Crippen LogP contribution is 2.03. The van der Waals surface area contributed by atoms with Crippen molar-refractivity contribution in [3.63, 3.8) is 0 Å². The minimum absolute atomic E-state index is 0.273. The van der Waals surface area contributed by atoms with Gasteiger partial charge in [0.05, 0.1) is 10.4 Å². The van der Waals surface area contributed by atoms with E-state index in [2.05, 4.69) is 20.3 Å². The highest BCUT2D eigenvalue weighted by atomic mass is 17.0. The summed E-state index contributed by atoms with van der Waals surface area (Å²) in [5.74, 6) is 0. The van der Waals surface area contributed by atoms with Crippen molar-refractivity contribution in [2.45, 2.75) is 0 Å². The molecule has 0 aliphatic heterocycles. The first-order valence-electron chi connectivity index (χ1n) is 6.55. The van der Waals surface area contributed by atoms with Crippen molar-refractivity contribution >= 4 is 22.1 Å². The van der Waals surface area contributed by atoms with E-state index >= 15 is 0 Å². The monoisotopic (exact) mass is 328 g/mol. The Morgan fingerprint density at radius 2 is 1.46 bits per heavy atom. The maximum absolute atomic E-state index is 11.0. The predicted molar refractivity (Wildman–Crippen MR) is 82.3 cm³/mol. The molecule has 24 heavy (non-hydrogen) atoms. The van der Waals surface area contributed by atoms with Gasteiger partial charge in [-0.15, -0.1) is 10.2 Å². The van der Waals surface area contributed by atoms with E-state index in [1.165, 1.54) is 6.33 Å². The van der Waals surface area contributed by atoms with Crippen LogP contribution in [0.1, 0.15) is 0 Å². The molecule has 10 heteroatoms. The van der Waals surface area contributed by atoms with Gasteiger partial charge < -0.3 is 10.4 Å². The fourth-order valence-corrected chi connectivity index (χ4v) is 1.86. The van der Waals surface area contributed by atoms with Gasteiger partial charge in [0.2, 0.25) is 10.6 Å². The van der Waals surface area contributed by atoms with Crippen LogP contribution in [0.25, 0.3) is 22.1 Å². The molecule has 4 aromatic rings. The molecule has 0 bridgehead atoms. The van der Waals surface area contributed by atoms with E-state index in [1.54, 1.807) is 24.3 Å². The summed E-state index contributed by atoms with van der Waals surface area (Å²) in [4.78, 5) is 4.43. The van der Waals surface area contributed by atoms with Crippen molar-refractivity contribution < 1.29 is 20.1 Å². The highest BCUT2D eigenvalue weighted by molar-refractivity contribution is 5.72. The molecular formula is C14H12N6O4. The highest BCUT2D eigenvalue weighted by Gasteiger charge is 2.10. The Hall–Kier alpha value is -3.50. The second-order valence-electron chi connectivity index (χ2n) is 4.27. The Labute approximate surface area is 135 Å². The van der Waals surface area contributed by atoms with Crippen LogP contribution in [-0.4, -0.2) is 30.8 Å². The second-order valence-corrected chi connectivity index (χ2v) is 4.27. The van der Waals surface area contributed by atoms with Crippen molar-refractivity contribution in [2.75, 3.05) is 0 Å². The van der Waals surface area contributed by atoms with Gasteiger partial charge >= 0.3 is 11.8 Å². The van der Waals surface area contributed by atoms with Crippen molar-refractivity contribution in [1.29, 1.82) is 0 Å². The van der Waals surface area contributed by atoms with E-state index in [9.17, 15) is 10.4 Å². The summed E-state index contributed by atoms with van der Waals surface area (Å²) in [5, 5.41) is 44.9. The minimum atomic E-state index is 0.273. The molecular weight excluding hydrogens is 316 g/mol. The van der Waals surface area contributed by atoms with Gasteiger partial charge in [0, 0.05) is 6.07 Å². The van der Waals surface area contributed by atoms with Crippen molar-refractivity contribution in [3.8, 4) is 0 Å². The number of fused-ring (bicyclic) bond motifs is 2. The van der Waals surface area contributed by atoms with E-state index in [0.29, 0.717) is 15.1 Å². The lowest BCUT2D eigenvalue weighted by Gasteiger charge is -2.00. The van der Waals surface area contributed by atoms with Crippen LogP contribution in [-0.2, 0) is 0 Å². The Bertz CT molecular complexity index is 831. The number of nitrogens with zero attached hydrogens (tertiary/aromatic N) is 6. The molecule has 0 aliphatic carbocycles. The van der Waals surface area contributed by atoms with Crippen LogP contribution in [0, 0.1) is 10.4 Å². The summed E-state index contributed by atoms with van der Waals surface area (Å²) < 4.78 is 0.559. The van der Waals surface area contributed by atoms with Crippen LogP contribution >= 0.6 is 0 Å². The van der Waals surface area contributed by atoms with Gasteiger partial charge in [0.25, 0.3) is 0 Å².